The Balaban J connectivity index is 1.35. The lowest BCUT2D eigenvalue weighted by Crippen LogP contribution is -2.61. The highest BCUT2D eigenvalue weighted by molar-refractivity contribution is 5.78. The molecule has 3 saturated heterocycles. The molecule has 3 aliphatic rings. The fourth-order valence-electron chi connectivity index (χ4n) is 11.9. The Kier molecular flexibility index (Phi) is 21.5. The summed E-state index contributed by atoms with van der Waals surface area (Å²) in [6.45, 7) is 16.7. The number of halogens is 2. The lowest BCUT2D eigenvalue weighted by Gasteiger charge is -2.49. The summed E-state index contributed by atoms with van der Waals surface area (Å²) < 4.78 is 83.8. The summed E-state index contributed by atoms with van der Waals surface area (Å²) in [6.07, 6.45) is -6.45. The number of hydrogen-bond donors (Lipinski definition) is 4. The molecule has 3 aromatic rings. The van der Waals surface area contributed by atoms with Crippen molar-refractivity contribution in [3.05, 3.63) is 60.7 Å². The van der Waals surface area contributed by atoms with E-state index in [1.165, 1.54) is 48.7 Å². The van der Waals surface area contributed by atoms with Gasteiger partial charge in [-0.3, -0.25) is 14.4 Å². The van der Waals surface area contributed by atoms with Crippen LogP contribution < -0.4 is 0 Å². The first kappa shape index (κ1) is 64.5. The molecule has 3 fully saturated rings. The molecule has 4 N–H and O–H groups in total. The maximum absolute atomic E-state index is 15.8. The number of cyclic esters (lactones) is 1. The number of ether oxygens (including phenoxy) is 8. The number of likely N-dealkylation sites (N-methyl/N-ethyl adjacent to an activating group) is 2. The molecule has 3 aliphatic heterocycles. The van der Waals surface area contributed by atoms with E-state index in [0.717, 1.165) is 12.1 Å². The van der Waals surface area contributed by atoms with Crippen LogP contribution in [0.4, 0.5) is 8.78 Å². The van der Waals surface area contributed by atoms with E-state index in [1.807, 2.05) is 23.6 Å². The van der Waals surface area contributed by atoms with Crippen molar-refractivity contribution in [3.8, 4) is 0 Å². The van der Waals surface area contributed by atoms with Crippen LogP contribution >= 0.6 is 0 Å². The lowest BCUT2D eigenvalue weighted by molar-refractivity contribution is -0.319. The Bertz CT molecular complexity index is 2440. The minimum Gasteiger partial charge on any atom is -0.459 e. The quantitative estimate of drug-likeness (QED) is 0.111. The smallest absolute Gasteiger partial charge is 0.311 e. The molecule has 0 amide bonds. The van der Waals surface area contributed by atoms with E-state index in [1.54, 1.807) is 69.6 Å². The van der Waals surface area contributed by atoms with Gasteiger partial charge in [-0.1, -0.05) is 20.8 Å². The lowest BCUT2D eigenvalue weighted by atomic mass is 9.77. The molecule has 5 heterocycles. The number of nitrogens with zero attached hydrogens (tertiary/aromatic N) is 8. The average Bonchev–Trinajstić information content (AvgIpc) is 4.24. The highest BCUT2D eigenvalue weighted by atomic mass is 19.1. The van der Waals surface area contributed by atoms with Gasteiger partial charge in [0.15, 0.2) is 24.3 Å². The second-order valence-corrected chi connectivity index (χ2v) is 23.4. The Morgan fingerprint density at radius 2 is 1.51 bits per heavy atom. The van der Waals surface area contributed by atoms with E-state index in [0.29, 0.717) is 19.0 Å². The normalized spacial score (nSPS) is 36.4. The van der Waals surface area contributed by atoms with Crippen LogP contribution in [0.15, 0.2) is 43.5 Å². The van der Waals surface area contributed by atoms with Crippen LogP contribution in [0, 0.1) is 29.4 Å². The average molecular weight is 1140 g/mol. The first-order valence-electron chi connectivity index (χ1n) is 27.5. The second kappa shape index (κ2) is 26.7. The fraction of sp³-hybridized carbons (Fsp3) is 0.764. The number of methoxy groups -OCH3 is 1. The fourth-order valence-corrected chi connectivity index (χ4v) is 11.9. The molecule has 18 atom stereocenters. The molecule has 0 aliphatic carbocycles. The van der Waals surface area contributed by atoms with Gasteiger partial charge in [0.1, 0.15) is 60.9 Å². The number of aliphatic hydroxyl groups is 4. The van der Waals surface area contributed by atoms with Crippen molar-refractivity contribution in [1.82, 2.24) is 39.3 Å². The maximum atomic E-state index is 15.8. The summed E-state index contributed by atoms with van der Waals surface area (Å²) in [7, 11) is 6.84. The molecule has 0 spiro atoms. The van der Waals surface area contributed by atoms with Crippen molar-refractivity contribution in [2.75, 3.05) is 34.8 Å². The highest BCUT2D eigenvalue weighted by Crippen LogP contribution is 2.41. The van der Waals surface area contributed by atoms with Gasteiger partial charge >= 0.3 is 17.9 Å². The van der Waals surface area contributed by atoms with E-state index in [9.17, 15) is 39.2 Å². The molecule has 2 aromatic heterocycles. The highest BCUT2D eigenvalue weighted by Gasteiger charge is 2.54. The number of benzene rings is 1. The van der Waals surface area contributed by atoms with E-state index < -0.39 is 150 Å². The summed E-state index contributed by atoms with van der Waals surface area (Å²) in [5.74, 6) is -6.93. The van der Waals surface area contributed by atoms with Crippen LogP contribution in [-0.4, -0.2) is 203 Å². The van der Waals surface area contributed by atoms with Gasteiger partial charge < -0.3 is 68.1 Å². The summed E-state index contributed by atoms with van der Waals surface area (Å²) in [5.41, 5.74) is -6.96. The number of aliphatic hydroxyl groups excluding tert-OH is 2. The Labute approximate surface area is 467 Å². The zero-order valence-corrected chi connectivity index (χ0v) is 48.7. The number of aromatic nitrogens is 6. The third-order valence-corrected chi connectivity index (χ3v) is 16.5. The van der Waals surface area contributed by atoms with E-state index >= 15 is 4.39 Å². The number of carbonyl (C=O) groups excluding carboxylic acids is 3. The van der Waals surface area contributed by atoms with Crippen LogP contribution in [0.1, 0.15) is 113 Å². The molecule has 1 aromatic carbocycles. The third kappa shape index (κ3) is 15.1. The number of rotatable bonds is 17. The van der Waals surface area contributed by atoms with Crippen molar-refractivity contribution in [2.45, 2.75) is 217 Å². The van der Waals surface area contributed by atoms with Crippen molar-refractivity contribution in [1.29, 1.82) is 0 Å². The zero-order valence-electron chi connectivity index (χ0n) is 48.7. The van der Waals surface area contributed by atoms with Crippen molar-refractivity contribution in [3.63, 3.8) is 0 Å². The first-order valence-corrected chi connectivity index (χ1v) is 27.5. The van der Waals surface area contributed by atoms with E-state index in [4.69, 9.17) is 37.9 Å². The van der Waals surface area contributed by atoms with Crippen LogP contribution in [0.3, 0.4) is 0 Å². The number of carbonyl (C=O) groups is 3. The van der Waals surface area contributed by atoms with Gasteiger partial charge in [-0.05, 0) is 107 Å². The van der Waals surface area contributed by atoms with E-state index in [-0.39, 0.29) is 43.8 Å². The molecular weight excluding hydrogens is 1050 g/mol. The molecule has 0 bridgehead atoms. The maximum Gasteiger partial charge on any atom is 0.311 e. The van der Waals surface area contributed by atoms with Crippen LogP contribution in [0.5, 0.6) is 0 Å². The van der Waals surface area contributed by atoms with E-state index in [2.05, 4.69) is 20.2 Å². The molecule has 80 heavy (non-hydrogen) atoms. The molecule has 0 saturated carbocycles. The largest absolute Gasteiger partial charge is 0.459 e. The van der Waals surface area contributed by atoms with Crippen LogP contribution in [-0.2, 0) is 71.0 Å². The molecule has 23 nitrogen and oxygen atoms in total. The topological polar surface area (TPSA) is 274 Å². The standard InChI is InChI=1S/C55H86F2N8O15/c1-15-41-54(10,72)47(68)35(6)63(13)24-31(2)22-52(8,71)49(33(4)45(34(5)50(70)76-41)78-44-23-53(9,73-14)48(69)36(7)75-44)79-51-46(40(62(11)12)20-32(3)74-51)77-42(66)18-19-43(67)80-55(25-64-29-58-27-60-64,26-65-30-59-28-61-65)38-17-16-37(56)21-39(38)57/h16-17,21,27-36,40-41,44-49,51,68-69,71-72H,15,18-20,22-26H2,1-14H3/t31-,32-,33+,34-,35-,36+,40+,41-,44?,45+,46-,47-,48+,49-,51+,52-,53-,54-/m1/s1. The minimum absolute atomic E-state index is 0.0226. The first-order chi connectivity index (χ1) is 37.4. The van der Waals surface area contributed by atoms with Gasteiger partial charge in [-0.2, -0.15) is 10.2 Å². The molecule has 6 rings (SSSR count). The zero-order chi connectivity index (χ0) is 59.2. The summed E-state index contributed by atoms with van der Waals surface area (Å²) >= 11 is 0. The van der Waals surface area contributed by atoms with Gasteiger partial charge in [0.05, 0.1) is 73.5 Å². The Morgan fingerprint density at radius 1 is 0.887 bits per heavy atom. The summed E-state index contributed by atoms with van der Waals surface area (Å²) in [4.78, 5) is 54.7. The van der Waals surface area contributed by atoms with Crippen molar-refractivity contribution >= 4 is 17.9 Å². The molecule has 0 radical (unpaired) electrons. The minimum atomic E-state index is -1.92. The van der Waals surface area contributed by atoms with Gasteiger partial charge in [-0.15, -0.1) is 0 Å². The summed E-state index contributed by atoms with van der Waals surface area (Å²) in [5, 5.41) is 56.2. The summed E-state index contributed by atoms with van der Waals surface area (Å²) in [6, 6.07) is 1.63. The van der Waals surface area contributed by atoms with Gasteiger partial charge in [0.2, 0.25) is 0 Å². The molecule has 25 heteroatoms. The SMILES string of the molecule is CC[C@H]1OC(=O)[C@H](C)[C@@H](OC2C[C@@](C)(OC)[C@@H](O)[C@H](C)O2)[C@H](C)[C@@H](O[C@@H]2O[C@H](C)C[C@H](N(C)C)[C@H]2OC(=O)CCC(=O)OC(Cn2cncn2)(Cn2cncn2)c2ccc(F)cc2F)[C@](C)(O)C[C@@H](C)CN(C)[C@H](C)[C@@H](O)[C@]1(C)O. The molecular formula is C55H86F2N8O15. The predicted molar refractivity (Wildman–Crippen MR) is 281 cm³/mol. The Hall–Kier alpha value is -4.67. The second-order valence-electron chi connectivity index (χ2n) is 23.4. The number of esters is 3. The van der Waals surface area contributed by atoms with Crippen molar-refractivity contribution in [2.24, 2.45) is 17.8 Å². The van der Waals surface area contributed by atoms with Gasteiger partial charge in [0.25, 0.3) is 0 Å². The monoisotopic (exact) mass is 1140 g/mol. The Morgan fingerprint density at radius 3 is 2.08 bits per heavy atom. The van der Waals surface area contributed by atoms with Gasteiger partial charge in [0, 0.05) is 43.7 Å². The van der Waals surface area contributed by atoms with Crippen molar-refractivity contribution < 1.29 is 81.5 Å². The third-order valence-electron chi connectivity index (χ3n) is 16.5. The molecule has 1 unspecified atom stereocenters. The van der Waals surface area contributed by atoms with Gasteiger partial charge in [-0.25, -0.2) is 28.1 Å². The number of hydrogen-bond acceptors (Lipinski definition) is 21. The molecule has 450 valence electrons. The van der Waals surface area contributed by atoms with Crippen LogP contribution in [0.2, 0.25) is 0 Å². The predicted octanol–water partition coefficient (Wildman–Crippen LogP) is 3.53. The van der Waals surface area contributed by atoms with Crippen LogP contribution in [0.25, 0.3) is 0 Å².